The summed E-state index contributed by atoms with van der Waals surface area (Å²) in [5.74, 6) is 0. The zero-order valence-corrected chi connectivity index (χ0v) is 10.5. The van der Waals surface area contributed by atoms with E-state index in [1.165, 1.54) is 12.2 Å². The van der Waals surface area contributed by atoms with Crippen molar-refractivity contribution in [1.82, 2.24) is 0 Å². The smallest absolute Gasteiger partial charge is 0.189 e. The van der Waals surface area contributed by atoms with Gasteiger partial charge in [0.2, 0.25) is 0 Å². The van der Waals surface area contributed by atoms with E-state index in [1.807, 2.05) is 6.07 Å². The zero-order chi connectivity index (χ0) is 14.9. The Balaban J connectivity index is 2.12. The van der Waals surface area contributed by atoms with Gasteiger partial charge in [-0.25, -0.2) is 0 Å². The molecule has 0 radical (unpaired) electrons. The van der Waals surface area contributed by atoms with Crippen LogP contribution in [0.4, 0.5) is 0 Å². The summed E-state index contributed by atoms with van der Waals surface area (Å²) < 4.78 is 10.5. The quantitative estimate of drug-likeness (QED) is 0.355. The average molecular weight is 287 g/mol. The van der Waals surface area contributed by atoms with Crippen molar-refractivity contribution < 1.29 is 35.0 Å². The second-order valence-electron chi connectivity index (χ2n) is 4.95. The van der Waals surface area contributed by atoms with Gasteiger partial charge in [-0.3, -0.25) is 0 Å². The molecule has 2 rings (SSSR count). The van der Waals surface area contributed by atoms with Crippen LogP contribution in [-0.4, -0.2) is 74.6 Å². The molecule has 1 aliphatic carbocycles. The van der Waals surface area contributed by atoms with Crippen LogP contribution in [0.15, 0.2) is 12.2 Å². The van der Waals surface area contributed by atoms with Gasteiger partial charge in [-0.1, -0.05) is 6.08 Å². The van der Waals surface area contributed by atoms with Gasteiger partial charge >= 0.3 is 0 Å². The summed E-state index contributed by atoms with van der Waals surface area (Å²) in [5, 5.41) is 56.7. The van der Waals surface area contributed by atoms with Gasteiger partial charge in [0.15, 0.2) is 11.9 Å². The Morgan fingerprint density at radius 3 is 2.45 bits per heavy atom. The normalized spacial score (nSPS) is 48.2. The van der Waals surface area contributed by atoms with E-state index in [1.54, 1.807) is 0 Å². The van der Waals surface area contributed by atoms with E-state index < -0.39 is 49.0 Å². The number of aliphatic hydroxyl groups is 5. The zero-order valence-electron chi connectivity index (χ0n) is 10.5. The predicted molar refractivity (Wildman–Crippen MR) is 63.0 cm³/mol. The van der Waals surface area contributed by atoms with E-state index in [0.717, 1.165) is 0 Å². The van der Waals surface area contributed by atoms with Gasteiger partial charge in [0.1, 0.15) is 30.5 Å². The first kappa shape index (κ1) is 15.3. The molecule has 0 spiro atoms. The molecule has 1 heterocycles. The third kappa shape index (κ3) is 2.70. The van der Waals surface area contributed by atoms with Crippen LogP contribution in [0.2, 0.25) is 0 Å². The highest BCUT2D eigenvalue weighted by Crippen LogP contribution is 2.32. The third-order valence-electron chi connectivity index (χ3n) is 3.46. The molecule has 0 aromatic rings. The van der Waals surface area contributed by atoms with E-state index in [9.17, 15) is 20.4 Å². The fraction of sp³-hybridized carbons (Fsp3) is 0.750. The molecule has 20 heavy (non-hydrogen) atoms. The van der Waals surface area contributed by atoms with Crippen molar-refractivity contribution in [3.05, 3.63) is 12.2 Å². The Labute approximate surface area is 115 Å². The Morgan fingerprint density at radius 1 is 1.25 bits per heavy atom. The van der Waals surface area contributed by atoms with Crippen LogP contribution in [0.5, 0.6) is 0 Å². The highest BCUT2D eigenvalue weighted by Gasteiger charge is 2.48. The first-order valence-electron chi connectivity index (χ1n) is 6.19. The fourth-order valence-corrected chi connectivity index (χ4v) is 2.28. The van der Waals surface area contributed by atoms with E-state index in [-0.39, 0.29) is 6.42 Å². The molecule has 8 heteroatoms. The summed E-state index contributed by atoms with van der Waals surface area (Å²) in [6.07, 6.45) is -5.30. The van der Waals surface area contributed by atoms with Crippen molar-refractivity contribution in [3.63, 3.8) is 0 Å². The molecular weight excluding hydrogens is 270 g/mol. The van der Waals surface area contributed by atoms with Crippen LogP contribution in [0.3, 0.4) is 0 Å². The molecule has 112 valence electrons. The van der Waals surface area contributed by atoms with Gasteiger partial charge in [-0.2, -0.15) is 5.26 Å². The van der Waals surface area contributed by atoms with Gasteiger partial charge in [0.05, 0.1) is 12.7 Å². The van der Waals surface area contributed by atoms with Gasteiger partial charge < -0.3 is 35.0 Å². The lowest BCUT2D eigenvalue weighted by atomic mass is 9.98. The van der Waals surface area contributed by atoms with Crippen molar-refractivity contribution in [2.45, 2.75) is 48.8 Å². The lowest BCUT2D eigenvalue weighted by molar-refractivity contribution is -0.315. The molecular formula is C12H17NO7. The van der Waals surface area contributed by atoms with E-state index >= 15 is 0 Å². The molecule has 2 aliphatic rings. The number of nitriles is 1. The Kier molecular flexibility index (Phi) is 4.41. The lowest BCUT2D eigenvalue weighted by Crippen LogP contribution is -2.60. The maximum Gasteiger partial charge on any atom is 0.189 e. The van der Waals surface area contributed by atoms with Crippen LogP contribution in [0.1, 0.15) is 6.42 Å². The molecule has 0 saturated carbocycles. The van der Waals surface area contributed by atoms with Gasteiger partial charge in [0, 0.05) is 6.42 Å². The number of hydrogen-bond acceptors (Lipinski definition) is 8. The minimum atomic E-state index is -1.58. The summed E-state index contributed by atoms with van der Waals surface area (Å²) in [6, 6.07) is 1.87. The summed E-state index contributed by atoms with van der Waals surface area (Å²) in [4.78, 5) is 0. The minimum absolute atomic E-state index is 0.0292. The molecule has 0 unspecified atom stereocenters. The lowest BCUT2D eigenvalue weighted by Gasteiger charge is -2.41. The van der Waals surface area contributed by atoms with Crippen molar-refractivity contribution in [2.24, 2.45) is 0 Å². The number of ether oxygens (including phenoxy) is 2. The predicted octanol–water partition coefficient (Wildman–Crippen LogP) is -2.61. The molecule has 7 atom stereocenters. The number of aliphatic hydroxyl groups excluding tert-OH is 5. The second kappa shape index (κ2) is 5.75. The highest BCUT2D eigenvalue weighted by molar-refractivity contribution is 5.24. The number of rotatable bonds is 3. The van der Waals surface area contributed by atoms with Gasteiger partial charge in [-0.05, 0) is 6.08 Å². The van der Waals surface area contributed by atoms with Crippen LogP contribution >= 0.6 is 0 Å². The number of nitrogens with zero attached hydrogens (tertiary/aromatic N) is 1. The molecule has 5 N–H and O–H groups in total. The Morgan fingerprint density at radius 2 is 1.95 bits per heavy atom. The standard InChI is InChI=1S/C12H17NO7/c13-5-12(2-1-6(15)3-12)20-11-10(18)9(17)8(16)7(4-14)19-11/h1-2,6-11,14-18H,3-4H2/t6-,7+,8-,9+,10-,11+,12+/m1/s1. The minimum Gasteiger partial charge on any atom is -0.394 e. The highest BCUT2D eigenvalue weighted by atomic mass is 16.7. The van der Waals surface area contributed by atoms with Crippen LogP contribution in [0, 0.1) is 11.3 Å². The second-order valence-corrected chi connectivity index (χ2v) is 4.95. The van der Waals surface area contributed by atoms with Crippen LogP contribution in [-0.2, 0) is 9.47 Å². The SMILES string of the molecule is N#C[C@]1(O[C@@H]2O[C@@H](CO)[C@@H](O)[C@H](O)[C@H]2O)C=C[C@@H](O)C1. The van der Waals surface area contributed by atoms with E-state index in [4.69, 9.17) is 19.8 Å². The van der Waals surface area contributed by atoms with Crippen LogP contribution in [0.25, 0.3) is 0 Å². The maximum atomic E-state index is 9.82. The molecule has 0 aromatic heterocycles. The van der Waals surface area contributed by atoms with Crippen molar-refractivity contribution in [1.29, 1.82) is 5.26 Å². The van der Waals surface area contributed by atoms with E-state index in [0.29, 0.717) is 0 Å². The van der Waals surface area contributed by atoms with Gasteiger partial charge in [0.25, 0.3) is 0 Å². The summed E-state index contributed by atoms with van der Waals surface area (Å²) in [7, 11) is 0. The average Bonchev–Trinajstić information content (AvgIpc) is 2.81. The van der Waals surface area contributed by atoms with E-state index in [2.05, 4.69) is 0 Å². The molecule has 1 fully saturated rings. The summed E-state index contributed by atoms with van der Waals surface area (Å²) in [6.45, 7) is -0.581. The summed E-state index contributed by atoms with van der Waals surface area (Å²) >= 11 is 0. The molecule has 0 aromatic carbocycles. The molecule has 8 nitrogen and oxygen atoms in total. The topological polar surface area (TPSA) is 143 Å². The van der Waals surface area contributed by atoms with Gasteiger partial charge in [-0.15, -0.1) is 0 Å². The maximum absolute atomic E-state index is 9.82. The Hall–Kier alpha value is -1.05. The first-order valence-corrected chi connectivity index (χ1v) is 6.19. The molecule has 0 amide bonds. The molecule has 1 aliphatic heterocycles. The summed E-state index contributed by atoms with van der Waals surface area (Å²) in [5.41, 5.74) is -1.48. The monoisotopic (exact) mass is 287 g/mol. The van der Waals surface area contributed by atoms with Crippen molar-refractivity contribution in [2.75, 3.05) is 6.61 Å². The van der Waals surface area contributed by atoms with Crippen molar-refractivity contribution >= 4 is 0 Å². The molecule has 0 bridgehead atoms. The largest absolute Gasteiger partial charge is 0.394 e. The van der Waals surface area contributed by atoms with Crippen molar-refractivity contribution in [3.8, 4) is 6.07 Å². The molecule has 1 saturated heterocycles. The third-order valence-corrected chi connectivity index (χ3v) is 3.46. The number of hydrogen-bond donors (Lipinski definition) is 5. The fourth-order valence-electron chi connectivity index (χ4n) is 2.28. The first-order chi connectivity index (χ1) is 9.42. The van der Waals surface area contributed by atoms with Crippen LogP contribution < -0.4 is 0 Å². The Bertz CT molecular complexity index is 421.